The zero-order chi connectivity index (χ0) is 13.3. The van der Waals surface area contributed by atoms with Crippen molar-refractivity contribution in [3.8, 4) is 6.07 Å². The maximum atomic E-state index is 9.18. The molecule has 1 fully saturated rings. The molecule has 2 rings (SSSR count). The van der Waals surface area contributed by atoms with E-state index in [9.17, 15) is 5.26 Å². The maximum Gasteiger partial charge on any atom is 0.101 e. The summed E-state index contributed by atoms with van der Waals surface area (Å²) in [5, 5.41) is 9.87. The third-order valence-corrected chi connectivity index (χ3v) is 4.07. The second-order valence-corrected chi connectivity index (χ2v) is 6.51. The fraction of sp³-hybridized carbons (Fsp3) is 0.533. The molecule has 0 amide bonds. The molecule has 0 saturated carbocycles. The molecule has 0 bridgehead atoms. The number of anilines is 1. The molecule has 1 aromatic carbocycles. The van der Waals surface area contributed by atoms with Crippen molar-refractivity contribution in [2.24, 2.45) is 11.3 Å². The topological polar surface area (TPSA) is 27.0 Å². The van der Waals surface area contributed by atoms with Crippen molar-refractivity contribution in [3.05, 3.63) is 28.8 Å². The standard InChI is InChI=1S/C15H19ClN2/c1-15(2,3)12-6-7-18(10-12)14-8-13(16)5-4-11(14)9-17/h4-5,8,12H,6-7,10H2,1-3H3. The lowest BCUT2D eigenvalue weighted by Crippen LogP contribution is -2.26. The molecule has 1 atom stereocenters. The Morgan fingerprint density at radius 2 is 2.11 bits per heavy atom. The Kier molecular flexibility index (Phi) is 3.54. The van der Waals surface area contributed by atoms with Gasteiger partial charge in [0.05, 0.1) is 11.3 Å². The number of nitriles is 1. The predicted octanol–water partition coefficient (Wildman–Crippen LogP) is 4.08. The number of nitrogens with zero attached hydrogens (tertiary/aromatic N) is 2. The van der Waals surface area contributed by atoms with Gasteiger partial charge in [-0.3, -0.25) is 0 Å². The Morgan fingerprint density at radius 1 is 1.39 bits per heavy atom. The number of rotatable bonds is 1. The van der Waals surface area contributed by atoms with Crippen LogP contribution in [-0.2, 0) is 0 Å². The van der Waals surface area contributed by atoms with Gasteiger partial charge in [0.15, 0.2) is 0 Å². The molecule has 0 radical (unpaired) electrons. The highest BCUT2D eigenvalue weighted by molar-refractivity contribution is 6.30. The second-order valence-electron chi connectivity index (χ2n) is 6.07. The first-order valence-corrected chi connectivity index (χ1v) is 6.74. The van der Waals surface area contributed by atoms with Crippen molar-refractivity contribution in [1.82, 2.24) is 0 Å². The molecule has 0 aromatic heterocycles. The molecule has 96 valence electrons. The zero-order valence-electron chi connectivity index (χ0n) is 11.2. The van der Waals surface area contributed by atoms with Gasteiger partial charge in [-0.1, -0.05) is 32.4 Å². The van der Waals surface area contributed by atoms with E-state index in [1.165, 1.54) is 6.42 Å². The van der Waals surface area contributed by atoms with E-state index in [2.05, 4.69) is 31.7 Å². The van der Waals surface area contributed by atoms with Gasteiger partial charge >= 0.3 is 0 Å². The average molecular weight is 263 g/mol. The predicted molar refractivity (Wildman–Crippen MR) is 75.9 cm³/mol. The third kappa shape index (κ3) is 2.62. The van der Waals surface area contributed by atoms with Crippen molar-refractivity contribution < 1.29 is 0 Å². The molecule has 1 aliphatic rings. The molecule has 1 unspecified atom stereocenters. The highest BCUT2D eigenvalue weighted by Crippen LogP contribution is 2.37. The lowest BCUT2D eigenvalue weighted by Gasteiger charge is -2.27. The van der Waals surface area contributed by atoms with Crippen LogP contribution in [0.25, 0.3) is 0 Å². The molecule has 18 heavy (non-hydrogen) atoms. The van der Waals surface area contributed by atoms with E-state index in [-0.39, 0.29) is 0 Å². The summed E-state index contributed by atoms with van der Waals surface area (Å²) < 4.78 is 0. The number of halogens is 1. The Morgan fingerprint density at radius 3 is 2.67 bits per heavy atom. The first-order chi connectivity index (χ1) is 8.41. The van der Waals surface area contributed by atoms with Crippen molar-refractivity contribution in [2.75, 3.05) is 18.0 Å². The van der Waals surface area contributed by atoms with E-state index in [1.54, 1.807) is 6.07 Å². The van der Waals surface area contributed by atoms with Crippen LogP contribution in [0.3, 0.4) is 0 Å². The van der Waals surface area contributed by atoms with Gasteiger partial charge in [0.1, 0.15) is 6.07 Å². The summed E-state index contributed by atoms with van der Waals surface area (Å²) in [4.78, 5) is 2.29. The first-order valence-electron chi connectivity index (χ1n) is 6.36. The minimum Gasteiger partial charge on any atom is -0.370 e. The summed E-state index contributed by atoms with van der Waals surface area (Å²) in [6.07, 6.45) is 1.18. The summed E-state index contributed by atoms with van der Waals surface area (Å²) in [5.41, 5.74) is 2.02. The fourth-order valence-corrected chi connectivity index (χ4v) is 2.71. The van der Waals surface area contributed by atoms with Crippen LogP contribution in [0.2, 0.25) is 5.02 Å². The van der Waals surface area contributed by atoms with Gasteiger partial charge in [-0.15, -0.1) is 0 Å². The molecule has 0 spiro atoms. The van der Waals surface area contributed by atoms with E-state index in [0.717, 1.165) is 18.8 Å². The summed E-state index contributed by atoms with van der Waals surface area (Å²) in [5.74, 6) is 0.669. The summed E-state index contributed by atoms with van der Waals surface area (Å²) in [7, 11) is 0. The van der Waals surface area contributed by atoms with Crippen LogP contribution in [-0.4, -0.2) is 13.1 Å². The van der Waals surface area contributed by atoms with Crippen molar-refractivity contribution in [3.63, 3.8) is 0 Å². The summed E-state index contributed by atoms with van der Waals surface area (Å²) in [6, 6.07) is 7.75. The average Bonchev–Trinajstić information content (AvgIpc) is 2.77. The Bertz CT molecular complexity index is 482. The highest BCUT2D eigenvalue weighted by Gasteiger charge is 2.32. The number of hydrogen-bond donors (Lipinski definition) is 0. The van der Waals surface area contributed by atoms with E-state index < -0.39 is 0 Å². The van der Waals surface area contributed by atoms with Crippen molar-refractivity contribution in [2.45, 2.75) is 27.2 Å². The van der Waals surface area contributed by atoms with E-state index in [4.69, 9.17) is 11.6 Å². The van der Waals surface area contributed by atoms with Crippen LogP contribution in [0.15, 0.2) is 18.2 Å². The van der Waals surface area contributed by atoms with Crippen LogP contribution in [0.4, 0.5) is 5.69 Å². The third-order valence-electron chi connectivity index (χ3n) is 3.83. The molecule has 1 heterocycles. The van der Waals surface area contributed by atoms with Gasteiger partial charge < -0.3 is 4.90 Å². The van der Waals surface area contributed by atoms with Gasteiger partial charge in [0, 0.05) is 18.1 Å². The van der Waals surface area contributed by atoms with Crippen LogP contribution >= 0.6 is 11.6 Å². The summed E-state index contributed by atoms with van der Waals surface area (Å²) in [6.45, 7) is 8.87. The van der Waals surface area contributed by atoms with Crippen LogP contribution in [0.5, 0.6) is 0 Å². The SMILES string of the molecule is CC(C)(C)C1CCN(c2cc(Cl)ccc2C#N)C1. The normalized spacial score (nSPS) is 19.9. The smallest absolute Gasteiger partial charge is 0.101 e. The van der Waals surface area contributed by atoms with Gasteiger partial charge in [-0.05, 0) is 36.0 Å². The second kappa shape index (κ2) is 4.82. The zero-order valence-corrected chi connectivity index (χ0v) is 12.0. The van der Waals surface area contributed by atoms with E-state index in [1.807, 2.05) is 12.1 Å². The summed E-state index contributed by atoms with van der Waals surface area (Å²) >= 11 is 6.04. The lowest BCUT2D eigenvalue weighted by molar-refractivity contribution is 0.263. The van der Waals surface area contributed by atoms with Crippen LogP contribution < -0.4 is 4.90 Å². The van der Waals surface area contributed by atoms with Crippen molar-refractivity contribution >= 4 is 17.3 Å². The molecule has 0 N–H and O–H groups in total. The Hall–Kier alpha value is -1.20. The molecular formula is C15H19ClN2. The molecule has 3 heteroatoms. The van der Waals surface area contributed by atoms with Gasteiger partial charge in [0.25, 0.3) is 0 Å². The van der Waals surface area contributed by atoms with Crippen molar-refractivity contribution in [1.29, 1.82) is 5.26 Å². The molecule has 0 aliphatic carbocycles. The van der Waals surface area contributed by atoms with Gasteiger partial charge in [0.2, 0.25) is 0 Å². The first kappa shape index (κ1) is 13.2. The maximum absolute atomic E-state index is 9.18. The van der Waals surface area contributed by atoms with Gasteiger partial charge in [-0.25, -0.2) is 0 Å². The fourth-order valence-electron chi connectivity index (χ4n) is 2.55. The Labute approximate surface area is 114 Å². The lowest BCUT2D eigenvalue weighted by atomic mass is 9.80. The largest absolute Gasteiger partial charge is 0.370 e. The molecule has 1 aliphatic heterocycles. The van der Waals surface area contributed by atoms with E-state index >= 15 is 0 Å². The minimum absolute atomic E-state index is 0.320. The minimum atomic E-state index is 0.320. The monoisotopic (exact) mass is 262 g/mol. The number of hydrogen-bond acceptors (Lipinski definition) is 2. The Balaban J connectivity index is 2.25. The van der Waals surface area contributed by atoms with Crippen LogP contribution in [0.1, 0.15) is 32.8 Å². The molecule has 1 saturated heterocycles. The molecular weight excluding hydrogens is 244 g/mol. The van der Waals surface area contributed by atoms with Gasteiger partial charge in [-0.2, -0.15) is 5.26 Å². The van der Waals surface area contributed by atoms with E-state index in [0.29, 0.717) is 21.9 Å². The molecule has 2 nitrogen and oxygen atoms in total. The number of benzene rings is 1. The van der Waals surface area contributed by atoms with Crippen LogP contribution in [0, 0.1) is 22.7 Å². The highest BCUT2D eigenvalue weighted by atomic mass is 35.5. The molecule has 1 aromatic rings. The quantitative estimate of drug-likeness (QED) is 0.762.